The minimum atomic E-state index is -1.02. The number of amides is 5. The van der Waals surface area contributed by atoms with Crippen LogP contribution < -0.4 is 10.8 Å². The van der Waals surface area contributed by atoms with Crippen LogP contribution in [-0.4, -0.2) is 58.7 Å². The Morgan fingerprint density at radius 2 is 1.85 bits per heavy atom. The van der Waals surface area contributed by atoms with Gasteiger partial charge in [0.25, 0.3) is 11.8 Å². The Hall–Kier alpha value is -3.43. The van der Waals surface area contributed by atoms with Crippen LogP contribution >= 0.6 is 0 Å². The summed E-state index contributed by atoms with van der Waals surface area (Å²) in [4.78, 5) is 67.6. The van der Waals surface area contributed by atoms with E-state index in [1.807, 2.05) is 0 Å². The molecule has 0 aliphatic carbocycles. The van der Waals surface area contributed by atoms with E-state index in [0.29, 0.717) is 18.8 Å². The molecule has 1 aromatic carbocycles. The Bertz CT molecular complexity index is 878. The van der Waals surface area contributed by atoms with E-state index >= 15 is 0 Å². The summed E-state index contributed by atoms with van der Waals surface area (Å²) in [7, 11) is 0. The van der Waals surface area contributed by atoms with Crippen LogP contribution in [0.25, 0.3) is 0 Å². The van der Waals surface area contributed by atoms with Crippen LogP contribution in [-0.2, 0) is 14.4 Å². The van der Waals surface area contributed by atoms with E-state index in [4.69, 9.17) is 4.84 Å². The molecule has 2 N–H and O–H groups in total. The summed E-state index contributed by atoms with van der Waals surface area (Å²) in [6.45, 7) is 1.28. The fourth-order valence-corrected chi connectivity index (χ4v) is 3.20. The van der Waals surface area contributed by atoms with E-state index in [1.165, 1.54) is 23.1 Å². The molecule has 0 spiro atoms. The summed E-state index contributed by atoms with van der Waals surface area (Å²) in [6.07, 6.45) is 0.563. The van der Waals surface area contributed by atoms with Gasteiger partial charge in [-0.3, -0.25) is 29.4 Å². The summed E-state index contributed by atoms with van der Waals surface area (Å²) < 4.78 is 0. The molecule has 10 nitrogen and oxygen atoms in total. The molecule has 3 heterocycles. The van der Waals surface area contributed by atoms with Crippen molar-refractivity contribution in [2.75, 3.05) is 18.6 Å². The number of hydrogen-bond donors (Lipinski definition) is 2. The average Bonchev–Trinajstić information content (AvgIpc) is 2.83. The number of nitrogens with zero attached hydrogens (tertiary/aromatic N) is 2. The molecule has 1 aromatic rings. The number of carbonyl (C=O) groups excluding carboxylic acids is 5. The van der Waals surface area contributed by atoms with Crippen LogP contribution in [0.1, 0.15) is 40.0 Å². The summed E-state index contributed by atoms with van der Waals surface area (Å²) in [5, 5.41) is 2.14. The first-order valence-corrected chi connectivity index (χ1v) is 8.53. The fraction of sp³-hybridized carbons (Fsp3) is 0.353. The zero-order valence-corrected chi connectivity index (χ0v) is 14.2. The summed E-state index contributed by atoms with van der Waals surface area (Å²) in [5.41, 5.74) is 3.06. The lowest BCUT2D eigenvalue weighted by Crippen LogP contribution is -2.54. The molecule has 3 aliphatic rings. The molecule has 2 saturated heterocycles. The molecule has 3 aliphatic heterocycles. The zero-order valence-electron chi connectivity index (χ0n) is 14.2. The van der Waals surface area contributed by atoms with Crippen molar-refractivity contribution in [3.63, 3.8) is 0 Å². The maximum absolute atomic E-state index is 12.7. The van der Waals surface area contributed by atoms with Crippen molar-refractivity contribution in [1.82, 2.24) is 15.1 Å². The Labute approximate surface area is 153 Å². The molecule has 1 atom stereocenters. The highest BCUT2D eigenvalue weighted by Crippen LogP contribution is 2.29. The second-order valence-corrected chi connectivity index (χ2v) is 6.52. The van der Waals surface area contributed by atoms with Gasteiger partial charge in [0.2, 0.25) is 11.8 Å². The molecule has 27 heavy (non-hydrogen) atoms. The fourth-order valence-electron chi connectivity index (χ4n) is 3.20. The van der Waals surface area contributed by atoms with Crippen LogP contribution in [0.15, 0.2) is 18.2 Å². The number of likely N-dealkylation sites (tertiary alicyclic amines) is 1. The first-order valence-electron chi connectivity index (χ1n) is 8.53. The molecule has 5 amide bonds. The van der Waals surface area contributed by atoms with Gasteiger partial charge in [-0.2, -0.15) is 0 Å². The van der Waals surface area contributed by atoms with Crippen LogP contribution in [0.2, 0.25) is 0 Å². The smallest absolute Gasteiger partial charge is 0.324 e. The van der Waals surface area contributed by atoms with E-state index in [-0.39, 0.29) is 24.0 Å². The molecule has 10 heteroatoms. The summed E-state index contributed by atoms with van der Waals surface area (Å²) in [6, 6.07) is 3.31. The van der Waals surface area contributed by atoms with Crippen molar-refractivity contribution >= 4 is 35.4 Å². The van der Waals surface area contributed by atoms with Gasteiger partial charge in [-0.05, 0) is 31.0 Å². The van der Waals surface area contributed by atoms with E-state index in [0.717, 1.165) is 11.3 Å². The van der Waals surface area contributed by atoms with E-state index in [2.05, 4.69) is 10.8 Å². The van der Waals surface area contributed by atoms with Gasteiger partial charge >= 0.3 is 6.09 Å². The second-order valence-electron chi connectivity index (χ2n) is 6.52. The Balaban J connectivity index is 1.50. The van der Waals surface area contributed by atoms with Gasteiger partial charge in [0.15, 0.2) is 0 Å². The van der Waals surface area contributed by atoms with Crippen molar-refractivity contribution in [3.8, 4) is 0 Å². The second kappa shape index (κ2) is 6.38. The van der Waals surface area contributed by atoms with Crippen LogP contribution in [0.5, 0.6) is 0 Å². The molecule has 140 valence electrons. The predicted octanol–water partition coefficient (Wildman–Crippen LogP) is 0.257. The molecular weight excluding hydrogens is 356 g/mol. The number of piperidine rings is 1. The lowest BCUT2D eigenvalue weighted by Gasteiger charge is -2.29. The molecule has 0 saturated carbocycles. The highest BCUT2D eigenvalue weighted by Gasteiger charge is 2.44. The number of nitrogens with one attached hydrogen (secondary N) is 2. The van der Waals surface area contributed by atoms with Gasteiger partial charge in [0.05, 0.1) is 16.8 Å². The number of benzene rings is 1. The van der Waals surface area contributed by atoms with Crippen molar-refractivity contribution in [3.05, 3.63) is 29.3 Å². The SMILES string of the molecule is O=C1CCC(N2C(=O)c3ccc(NOC(=O)N4CCC4)cc3C2=O)C(=O)N1. The number of imide groups is 2. The van der Waals surface area contributed by atoms with Crippen molar-refractivity contribution in [1.29, 1.82) is 0 Å². The third kappa shape index (κ3) is 2.88. The number of carbonyl (C=O) groups is 5. The molecule has 1 unspecified atom stereocenters. The van der Waals surface area contributed by atoms with Gasteiger partial charge in [-0.1, -0.05) is 0 Å². The van der Waals surface area contributed by atoms with E-state index in [1.54, 1.807) is 0 Å². The minimum absolute atomic E-state index is 0.0586. The largest absolute Gasteiger partial charge is 0.434 e. The molecule has 0 bridgehead atoms. The quantitative estimate of drug-likeness (QED) is 0.576. The Morgan fingerprint density at radius 1 is 1.11 bits per heavy atom. The van der Waals surface area contributed by atoms with Crippen molar-refractivity contribution < 1.29 is 28.8 Å². The molecule has 0 aromatic heterocycles. The van der Waals surface area contributed by atoms with Gasteiger partial charge < -0.3 is 9.74 Å². The molecule has 2 fully saturated rings. The lowest BCUT2D eigenvalue weighted by atomic mass is 10.0. The van der Waals surface area contributed by atoms with E-state index < -0.39 is 35.8 Å². The van der Waals surface area contributed by atoms with Crippen molar-refractivity contribution in [2.45, 2.75) is 25.3 Å². The standard InChI is InChI=1S/C17H16N4O6/c22-13-5-4-12(14(23)18-13)21-15(24)10-3-2-9(8-11(10)16(21)25)19-27-17(26)20-6-1-7-20/h2-3,8,12,19H,1,4-7H2,(H,18,22,23). The number of rotatable bonds is 3. The Morgan fingerprint density at radius 3 is 2.52 bits per heavy atom. The molecule has 0 radical (unpaired) electrons. The van der Waals surface area contributed by atoms with E-state index in [9.17, 15) is 24.0 Å². The summed E-state index contributed by atoms with van der Waals surface area (Å²) >= 11 is 0. The van der Waals surface area contributed by atoms with Crippen molar-refractivity contribution in [2.24, 2.45) is 0 Å². The van der Waals surface area contributed by atoms with Gasteiger partial charge in [0, 0.05) is 19.5 Å². The van der Waals surface area contributed by atoms with Crippen LogP contribution in [0, 0.1) is 0 Å². The van der Waals surface area contributed by atoms with Crippen LogP contribution in [0.3, 0.4) is 0 Å². The van der Waals surface area contributed by atoms with Gasteiger partial charge in [0.1, 0.15) is 6.04 Å². The number of anilines is 1. The third-order valence-corrected chi connectivity index (χ3v) is 4.81. The molecule has 4 rings (SSSR count). The third-order valence-electron chi connectivity index (χ3n) is 4.81. The van der Waals surface area contributed by atoms with Gasteiger partial charge in [-0.25, -0.2) is 10.3 Å². The summed E-state index contributed by atoms with van der Waals surface area (Å²) in [5.74, 6) is -2.30. The Kier molecular flexibility index (Phi) is 4.02. The topological polar surface area (TPSA) is 125 Å². The average molecular weight is 372 g/mol. The molecular formula is C17H16N4O6. The maximum atomic E-state index is 12.7. The minimum Gasteiger partial charge on any atom is -0.324 e. The number of fused-ring (bicyclic) bond motifs is 1. The highest BCUT2D eigenvalue weighted by atomic mass is 16.7. The zero-order chi connectivity index (χ0) is 19.1. The lowest BCUT2D eigenvalue weighted by molar-refractivity contribution is -0.136. The highest BCUT2D eigenvalue weighted by molar-refractivity contribution is 6.23. The van der Waals surface area contributed by atoms with Crippen LogP contribution in [0.4, 0.5) is 10.5 Å². The first kappa shape index (κ1) is 17.0. The normalized spacial score (nSPS) is 21.6. The predicted molar refractivity (Wildman–Crippen MR) is 89.4 cm³/mol. The first-order chi connectivity index (χ1) is 13.0. The van der Waals surface area contributed by atoms with Gasteiger partial charge in [-0.15, -0.1) is 0 Å². The monoisotopic (exact) mass is 372 g/mol. The number of hydrogen-bond acceptors (Lipinski definition) is 7. The maximum Gasteiger partial charge on any atom is 0.434 e.